The molecule has 0 heterocycles. The Hall–Kier alpha value is -1.81. The van der Waals surface area contributed by atoms with E-state index in [1.54, 1.807) is 7.11 Å². The molecule has 3 N–H and O–H groups in total. The van der Waals surface area contributed by atoms with Crippen molar-refractivity contribution in [2.24, 2.45) is 11.7 Å². The molecular weight excluding hydrogens is 240 g/mol. The molecule has 102 valence electrons. The van der Waals surface area contributed by atoms with E-state index in [-0.39, 0.29) is 23.9 Å². The van der Waals surface area contributed by atoms with Gasteiger partial charge in [-0.25, -0.2) is 0 Å². The van der Waals surface area contributed by atoms with Gasteiger partial charge in [0.25, 0.3) is 0 Å². The molecule has 19 heavy (non-hydrogen) atoms. The summed E-state index contributed by atoms with van der Waals surface area (Å²) < 4.78 is 5.18. The Kier molecular flexibility index (Phi) is 4.22. The minimum Gasteiger partial charge on any atom is -0.497 e. The van der Waals surface area contributed by atoms with E-state index in [4.69, 9.17) is 10.5 Å². The molecule has 2 rings (SSSR count). The van der Waals surface area contributed by atoms with Crippen LogP contribution in [0.1, 0.15) is 24.9 Å². The van der Waals surface area contributed by atoms with Gasteiger partial charge in [0.05, 0.1) is 19.1 Å². The van der Waals surface area contributed by atoms with Gasteiger partial charge in [-0.05, 0) is 31.0 Å². The van der Waals surface area contributed by atoms with Gasteiger partial charge in [0, 0.05) is 6.04 Å². The number of amides is 1. The molecule has 4 nitrogen and oxygen atoms in total. The third-order valence-electron chi connectivity index (χ3n) is 3.41. The minimum absolute atomic E-state index is 0.00266. The third-order valence-corrected chi connectivity index (χ3v) is 3.41. The van der Waals surface area contributed by atoms with Gasteiger partial charge in [-0.15, -0.1) is 0 Å². The summed E-state index contributed by atoms with van der Waals surface area (Å²) in [5, 5.41) is 3.01. The maximum Gasteiger partial charge on any atom is 0.227 e. The molecule has 4 heteroatoms. The number of carbonyl (C=O) groups excluding carboxylic acids is 1. The quantitative estimate of drug-likeness (QED) is 0.811. The summed E-state index contributed by atoms with van der Waals surface area (Å²) >= 11 is 0. The first-order chi connectivity index (χ1) is 9.10. The maximum atomic E-state index is 12.1. The highest BCUT2D eigenvalue weighted by Gasteiger charge is 2.23. The highest BCUT2D eigenvalue weighted by molar-refractivity contribution is 5.81. The number of ether oxygens (including phenoxy) is 1. The topological polar surface area (TPSA) is 64.3 Å². The molecule has 0 spiro atoms. The number of rotatable bonds is 4. The van der Waals surface area contributed by atoms with Gasteiger partial charge in [-0.3, -0.25) is 4.79 Å². The van der Waals surface area contributed by atoms with Crippen LogP contribution in [0.2, 0.25) is 0 Å². The Labute approximate surface area is 113 Å². The van der Waals surface area contributed by atoms with Gasteiger partial charge < -0.3 is 15.8 Å². The molecule has 0 fully saturated rings. The average Bonchev–Trinajstić information content (AvgIpc) is 2.85. The van der Waals surface area contributed by atoms with Gasteiger partial charge in [0.1, 0.15) is 5.75 Å². The van der Waals surface area contributed by atoms with E-state index in [1.807, 2.05) is 43.3 Å². The van der Waals surface area contributed by atoms with Crippen LogP contribution in [0.3, 0.4) is 0 Å². The number of methoxy groups -OCH3 is 1. The van der Waals surface area contributed by atoms with Crippen molar-refractivity contribution in [1.82, 2.24) is 5.32 Å². The molecule has 0 aromatic heterocycles. The van der Waals surface area contributed by atoms with Crippen molar-refractivity contribution < 1.29 is 9.53 Å². The Bertz CT molecular complexity index is 485. The predicted molar refractivity (Wildman–Crippen MR) is 74.8 cm³/mol. The number of nitrogens with two attached hydrogens (primary N) is 1. The molecule has 3 unspecified atom stereocenters. The van der Waals surface area contributed by atoms with Crippen molar-refractivity contribution >= 4 is 5.91 Å². The second-order valence-electron chi connectivity index (χ2n) is 4.90. The molecule has 0 radical (unpaired) electrons. The third kappa shape index (κ3) is 3.35. The molecule has 0 aliphatic heterocycles. The van der Waals surface area contributed by atoms with Crippen LogP contribution >= 0.6 is 0 Å². The highest BCUT2D eigenvalue weighted by atomic mass is 16.5. The standard InChI is InChI=1S/C15H20N2O2/c1-10(11-4-3-5-14(9-11)19-2)17-15(18)12-6-7-13(16)8-12/h3-7,9-10,12-13H,8,16H2,1-2H3,(H,17,18). The summed E-state index contributed by atoms with van der Waals surface area (Å²) in [6.07, 6.45) is 4.47. The molecule has 1 aliphatic rings. The van der Waals surface area contributed by atoms with E-state index in [0.29, 0.717) is 6.42 Å². The van der Waals surface area contributed by atoms with Gasteiger partial charge >= 0.3 is 0 Å². The maximum absolute atomic E-state index is 12.1. The molecular formula is C15H20N2O2. The second-order valence-corrected chi connectivity index (χ2v) is 4.90. The molecule has 0 bridgehead atoms. The van der Waals surface area contributed by atoms with Crippen molar-refractivity contribution in [2.45, 2.75) is 25.4 Å². The fraction of sp³-hybridized carbons (Fsp3) is 0.400. The van der Waals surface area contributed by atoms with Crippen molar-refractivity contribution in [3.05, 3.63) is 42.0 Å². The first-order valence-electron chi connectivity index (χ1n) is 6.48. The molecule has 1 amide bonds. The van der Waals surface area contributed by atoms with Crippen LogP contribution in [0.5, 0.6) is 5.75 Å². The van der Waals surface area contributed by atoms with Crippen molar-refractivity contribution in [3.63, 3.8) is 0 Å². The van der Waals surface area contributed by atoms with E-state index >= 15 is 0 Å². The highest BCUT2D eigenvalue weighted by Crippen LogP contribution is 2.21. The van der Waals surface area contributed by atoms with Crippen LogP contribution in [0, 0.1) is 5.92 Å². The summed E-state index contributed by atoms with van der Waals surface area (Å²) in [5.74, 6) is 0.712. The number of hydrogen-bond acceptors (Lipinski definition) is 3. The Morgan fingerprint density at radius 3 is 2.89 bits per heavy atom. The Morgan fingerprint density at radius 1 is 1.47 bits per heavy atom. The fourth-order valence-electron chi connectivity index (χ4n) is 2.24. The number of hydrogen-bond donors (Lipinski definition) is 2. The molecule has 1 aliphatic carbocycles. The Morgan fingerprint density at radius 2 is 2.26 bits per heavy atom. The summed E-state index contributed by atoms with van der Waals surface area (Å²) in [6, 6.07) is 7.67. The van der Waals surface area contributed by atoms with Crippen LogP contribution in [0.25, 0.3) is 0 Å². The lowest BCUT2D eigenvalue weighted by atomic mass is 10.0. The van der Waals surface area contributed by atoms with E-state index < -0.39 is 0 Å². The monoisotopic (exact) mass is 260 g/mol. The van der Waals surface area contributed by atoms with Gasteiger partial charge in [0.2, 0.25) is 5.91 Å². The zero-order valence-corrected chi connectivity index (χ0v) is 11.3. The lowest BCUT2D eigenvalue weighted by molar-refractivity contribution is -0.124. The number of carbonyl (C=O) groups is 1. The molecule has 0 saturated heterocycles. The lowest BCUT2D eigenvalue weighted by Crippen LogP contribution is -2.32. The van der Waals surface area contributed by atoms with E-state index in [2.05, 4.69) is 5.32 Å². The van der Waals surface area contributed by atoms with Crippen LogP contribution in [-0.2, 0) is 4.79 Å². The smallest absolute Gasteiger partial charge is 0.227 e. The average molecular weight is 260 g/mol. The molecule has 1 aromatic carbocycles. The van der Waals surface area contributed by atoms with Gasteiger partial charge in [0.15, 0.2) is 0 Å². The van der Waals surface area contributed by atoms with Crippen molar-refractivity contribution in [2.75, 3.05) is 7.11 Å². The van der Waals surface area contributed by atoms with E-state index in [1.165, 1.54) is 0 Å². The molecule has 1 aromatic rings. The zero-order valence-electron chi connectivity index (χ0n) is 11.3. The molecule has 0 saturated carbocycles. The van der Waals surface area contributed by atoms with E-state index in [9.17, 15) is 4.79 Å². The van der Waals surface area contributed by atoms with Crippen LogP contribution in [-0.4, -0.2) is 19.1 Å². The normalized spacial score (nSPS) is 23.1. The van der Waals surface area contributed by atoms with Crippen LogP contribution in [0.4, 0.5) is 0 Å². The van der Waals surface area contributed by atoms with Gasteiger partial charge in [-0.1, -0.05) is 24.3 Å². The van der Waals surface area contributed by atoms with Crippen LogP contribution < -0.4 is 15.8 Å². The Balaban J connectivity index is 1.98. The van der Waals surface area contributed by atoms with Crippen molar-refractivity contribution in [3.8, 4) is 5.75 Å². The first-order valence-corrected chi connectivity index (χ1v) is 6.48. The largest absolute Gasteiger partial charge is 0.497 e. The second kappa shape index (κ2) is 5.89. The molecule has 3 atom stereocenters. The zero-order chi connectivity index (χ0) is 13.8. The van der Waals surface area contributed by atoms with Crippen LogP contribution in [0.15, 0.2) is 36.4 Å². The fourth-order valence-corrected chi connectivity index (χ4v) is 2.24. The summed E-state index contributed by atoms with van der Waals surface area (Å²) in [4.78, 5) is 12.1. The summed E-state index contributed by atoms with van der Waals surface area (Å²) in [7, 11) is 1.63. The summed E-state index contributed by atoms with van der Waals surface area (Å²) in [6.45, 7) is 1.96. The SMILES string of the molecule is COc1cccc(C(C)NC(=O)C2C=CC(N)C2)c1. The minimum atomic E-state index is -0.108. The number of benzene rings is 1. The number of nitrogens with one attached hydrogen (secondary N) is 1. The lowest BCUT2D eigenvalue weighted by Gasteiger charge is -2.17. The summed E-state index contributed by atoms with van der Waals surface area (Å²) in [5.41, 5.74) is 6.79. The van der Waals surface area contributed by atoms with Gasteiger partial charge in [-0.2, -0.15) is 0 Å². The van der Waals surface area contributed by atoms with E-state index in [0.717, 1.165) is 11.3 Å². The van der Waals surface area contributed by atoms with Crippen molar-refractivity contribution in [1.29, 1.82) is 0 Å². The first kappa shape index (κ1) is 13.6. The predicted octanol–water partition coefficient (Wildman–Crippen LogP) is 1.78.